The van der Waals surface area contributed by atoms with Gasteiger partial charge in [-0.05, 0) is 17.7 Å². The quantitative estimate of drug-likeness (QED) is 0.888. The molecule has 0 aromatic heterocycles. The Morgan fingerprint density at radius 3 is 2.73 bits per heavy atom. The maximum atomic E-state index is 10.4. The standard InChI is InChI=1S/C11H14BrNO2/c1-11(2,7-13-10(14)15)8-4-3-5-9(12)6-8/h3-6,13H,7H2,1-2H3,(H,14,15). The van der Waals surface area contributed by atoms with E-state index in [1.54, 1.807) is 0 Å². The predicted molar refractivity (Wildman–Crippen MR) is 63.2 cm³/mol. The van der Waals surface area contributed by atoms with Crippen LogP contribution in [0.4, 0.5) is 4.79 Å². The molecule has 0 fully saturated rings. The normalized spacial score (nSPS) is 11.1. The Balaban J connectivity index is 2.80. The van der Waals surface area contributed by atoms with E-state index in [1.807, 2.05) is 38.1 Å². The molecule has 0 radical (unpaired) electrons. The first-order chi connectivity index (χ1) is 6.92. The van der Waals surface area contributed by atoms with Crippen molar-refractivity contribution in [3.63, 3.8) is 0 Å². The number of halogens is 1. The molecule has 0 bridgehead atoms. The number of benzene rings is 1. The van der Waals surface area contributed by atoms with E-state index >= 15 is 0 Å². The largest absolute Gasteiger partial charge is 0.465 e. The molecule has 0 unspecified atom stereocenters. The van der Waals surface area contributed by atoms with Crippen LogP contribution in [0.15, 0.2) is 28.7 Å². The number of rotatable bonds is 3. The van der Waals surface area contributed by atoms with Crippen LogP contribution in [0.5, 0.6) is 0 Å². The summed E-state index contributed by atoms with van der Waals surface area (Å²) in [4.78, 5) is 10.4. The number of hydrogen-bond donors (Lipinski definition) is 2. The van der Waals surface area contributed by atoms with Crippen molar-refractivity contribution in [3.8, 4) is 0 Å². The molecule has 0 saturated heterocycles. The molecule has 3 nitrogen and oxygen atoms in total. The molecule has 1 aromatic carbocycles. The van der Waals surface area contributed by atoms with Crippen molar-refractivity contribution in [2.75, 3.05) is 6.54 Å². The highest BCUT2D eigenvalue weighted by Crippen LogP contribution is 2.24. The summed E-state index contributed by atoms with van der Waals surface area (Å²) in [6, 6.07) is 7.89. The Morgan fingerprint density at radius 2 is 2.20 bits per heavy atom. The van der Waals surface area contributed by atoms with Crippen LogP contribution in [0, 0.1) is 0 Å². The third-order valence-corrected chi connectivity index (χ3v) is 2.78. The molecule has 4 heteroatoms. The Labute approximate surface area is 97.6 Å². The molecule has 82 valence electrons. The summed E-state index contributed by atoms with van der Waals surface area (Å²) in [7, 11) is 0. The van der Waals surface area contributed by atoms with Crippen molar-refractivity contribution in [3.05, 3.63) is 34.3 Å². The van der Waals surface area contributed by atoms with Crippen LogP contribution in [0.2, 0.25) is 0 Å². The van der Waals surface area contributed by atoms with Gasteiger partial charge in [-0.2, -0.15) is 0 Å². The highest BCUT2D eigenvalue weighted by Gasteiger charge is 2.21. The second-order valence-corrected chi connectivity index (χ2v) is 4.97. The van der Waals surface area contributed by atoms with Gasteiger partial charge in [0.05, 0.1) is 0 Å². The van der Waals surface area contributed by atoms with E-state index in [2.05, 4.69) is 21.2 Å². The molecule has 2 N–H and O–H groups in total. The number of hydrogen-bond acceptors (Lipinski definition) is 1. The summed E-state index contributed by atoms with van der Waals surface area (Å²) >= 11 is 3.40. The van der Waals surface area contributed by atoms with E-state index in [0.717, 1.165) is 10.0 Å². The molecule has 15 heavy (non-hydrogen) atoms. The van der Waals surface area contributed by atoms with Crippen molar-refractivity contribution < 1.29 is 9.90 Å². The zero-order valence-electron chi connectivity index (χ0n) is 8.75. The van der Waals surface area contributed by atoms with Crippen molar-refractivity contribution in [2.45, 2.75) is 19.3 Å². The Hall–Kier alpha value is -1.03. The van der Waals surface area contributed by atoms with E-state index < -0.39 is 6.09 Å². The summed E-state index contributed by atoms with van der Waals surface area (Å²) in [5.74, 6) is 0. The fourth-order valence-corrected chi connectivity index (χ4v) is 1.71. The molecule has 0 heterocycles. The zero-order valence-corrected chi connectivity index (χ0v) is 10.3. The third kappa shape index (κ3) is 3.55. The van der Waals surface area contributed by atoms with Crippen molar-refractivity contribution >= 4 is 22.0 Å². The lowest BCUT2D eigenvalue weighted by Gasteiger charge is -2.25. The Morgan fingerprint density at radius 1 is 1.53 bits per heavy atom. The molecule has 0 spiro atoms. The van der Waals surface area contributed by atoms with Gasteiger partial charge in [-0.1, -0.05) is 41.9 Å². The van der Waals surface area contributed by atoms with Crippen molar-refractivity contribution in [2.24, 2.45) is 0 Å². The van der Waals surface area contributed by atoms with Gasteiger partial charge in [0, 0.05) is 16.4 Å². The molecule has 0 aliphatic heterocycles. The molecule has 1 rings (SSSR count). The number of carboxylic acid groups (broad SMARTS) is 1. The van der Waals surface area contributed by atoms with Gasteiger partial charge in [-0.15, -0.1) is 0 Å². The lowest BCUT2D eigenvalue weighted by molar-refractivity contribution is 0.192. The number of nitrogens with one attached hydrogen (secondary N) is 1. The topological polar surface area (TPSA) is 49.3 Å². The van der Waals surface area contributed by atoms with Gasteiger partial charge in [-0.25, -0.2) is 4.79 Å². The molecule has 0 atom stereocenters. The maximum Gasteiger partial charge on any atom is 0.404 e. The van der Waals surface area contributed by atoms with Gasteiger partial charge in [0.15, 0.2) is 0 Å². The van der Waals surface area contributed by atoms with E-state index in [4.69, 9.17) is 5.11 Å². The first kappa shape index (κ1) is 12.0. The smallest absolute Gasteiger partial charge is 0.404 e. The number of carbonyl (C=O) groups is 1. The van der Waals surface area contributed by atoms with Crippen LogP contribution in [0.25, 0.3) is 0 Å². The fraction of sp³-hybridized carbons (Fsp3) is 0.364. The van der Waals surface area contributed by atoms with E-state index in [0.29, 0.717) is 6.54 Å². The fourth-order valence-electron chi connectivity index (χ4n) is 1.31. The molecule has 0 aliphatic rings. The second-order valence-electron chi connectivity index (χ2n) is 4.05. The van der Waals surface area contributed by atoms with Gasteiger partial charge in [0.2, 0.25) is 0 Å². The van der Waals surface area contributed by atoms with Crippen LogP contribution in [0.3, 0.4) is 0 Å². The predicted octanol–water partition coefficient (Wildman–Crippen LogP) is 2.99. The van der Waals surface area contributed by atoms with Gasteiger partial charge >= 0.3 is 6.09 Å². The highest BCUT2D eigenvalue weighted by molar-refractivity contribution is 9.10. The minimum Gasteiger partial charge on any atom is -0.465 e. The zero-order chi connectivity index (χ0) is 11.5. The summed E-state index contributed by atoms with van der Waals surface area (Å²) < 4.78 is 1.00. The molecule has 1 aromatic rings. The minimum absolute atomic E-state index is 0.206. The van der Waals surface area contributed by atoms with Crippen LogP contribution in [-0.4, -0.2) is 17.7 Å². The van der Waals surface area contributed by atoms with Crippen LogP contribution in [-0.2, 0) is 5.41 Å². The average Bonchev–Trinajstić information content (AvgIpc) is 2.15. The van der Waals surface area contributed by atoms with E-state index in [-0.39, 0.29) is 5.41 Å². The highest BCUT2D eigenvalue weighted by atomic mass is 79.9. The molecular weight excluding hydrogens is 258 g/mol. The third-order valence-electron chi connectivity index (χ3n) is 2.29. The lowest BCUT2D eigenvalue weighted by atomic mass is 9.85. The molecule has 0 aliphatic carbocycles. The Bertz CT molecular complexity index is 363. The first-order valence-corrected chi connectivity index (χ1v) is 5.44. The van der Waals surface area contributed by atoms with Crippen LogP contribution in [0.1, 0.15) is 19.4 Å². The minimum atomic E-state index is -0.988. The van der Waals surface area contributed by atoms with Gasteiger partial charge in [0.1, 0.15) is 0 Å². The average molecular weight is 272 g/mol. The van der Waals surface area contributed by atoms with Gasteiger partial charge in [-0.3, -0.25) is 0 Å². The summed E-state index contributed by atoms with van der Waals surface area (Å²) in [5, 5.41) is 11.0. The maximum absolute atomic E-state index is 10.4. The SMILES string of the molecule is CC(C)(CNC(=O)O)c1cccc(Br)c1. The van der Waals surface area contributed by atoms with E-state index in [1.165, 1.54) is 0 Å². The molecular formula is C11H14BrNO2. The Kier molecular flexibility index (Phi) is 3.74. The summed E-state index contributed by atoms with van der Waals surface area (Å²) in [6.07, 6.45) is -0.988. The van der Waals surface area contributed by atoms with Crippen molar-refractivity contribution in [1.29, 1.82) is 0 Å². The number of amides is 1. The van der Waals surface area contributed by atoms with E-state index in [9.17, 15) is 4.79 Å². The van der Waals surface area contributed by atoms with Gasteiger partial charge in [0.25, 0.3) is 0 Å². The molecule has 0 saturated carbocycles. The molecule has 1 amide bonds. The van der Waals surface area contributed by atoms with Crippen LogP contribution >= 0.6 is 15.9 Å². The lowest BCUT2D eigenvalue weighted by Crippen LogP contribution is -2.35. The second kappa shape index (κ2) is 4.66. The monoisotopic (exact) mass is 271 g/mol. The first-order valence-electron chi connectivity index (χ1n) is 4.65. The van der Waals surface area contributed by atoms with Crippen LogP contribution < -0.4 is 5.32 Å². The summed E-state index contributed by atoms with van der Waals surface area (Å²) in [6.45, 7) is 4.41. The van der Waals surface area contributed by atoms with Crippen molar-refractivity contribution in [1.82, 2.24) is 5.32 Å². The summed E-state index contributed by atoms with van der Waals surface area (Å²) in [5.41, 5.74) is 0.896. The van der Waals surface area contributed by atoms with Gasteiger partial charge < -0.3 is 10.4 Å².